The molecule has 0 aliphatic carbocycles. The van der Waals surface area contributed by atoms with Crippen molar-refractivity contribution in [1.82, 2.24) is 4.57 Å². The summed E-state index contributed by atoms with van der Waals surface area (Å²) in [5, 5.41) is 10.7. The molecule has 28 heavy (non-hydrogen) atoms. The standard InChI is InChI=1S/C20H16FNO6/c1-11(23)22-16-9-13(21)6-7-15(16)18(20(22)26)19(25)12-4-3-5-14(8-12)28-10-17(24)27-2/h3-9,26H,10H2,1-2H3. The molecule has 0 saturated heterocycles. The number of benzene rings is 2. The number of hydrogen-bond donors (Lipinski definition) is 1. The Balaban J connectivity index is 2.06. The van der Waals surface area contributed by atoms with E-state index >= 15 is 0 Å². The molecular formula is C20H16FNO6. The van der Waals surface area contributed by atoms with Crippen molar-refractivity contribution in [1.29, 1.82) is 0 Å². The van der Waals surface area contributed by atoms with Crippen molar-refractivity contribution >= 4 is 28.6 Å². The molecule has 3 rings (SSSR count). The van der Waals surface area contributed by atoms with E-state index in [2.05, 4.69) is 4.74 Å². The molecule has 2 aromatic carbocycles. The molecule has 0 saturated carbocycles. The maximum absolute atomic E-state index is 13.6. The van der Waals surface area contributed by atoms with Crippen LogP contribution < -0.4 is 4.74 Å². The number of aromatic nitrogens is 1. The largest absolute Gasteiger partial charge is 0.494 e. The third-order valence-corrected chi connectivity index (χ3v) is 4.13. The van der Waals surface area contributed by atoms with Crippen molar-refractivity contribution < 1.29 is 33.4 Å². The molecule has 8 heteroatoms. The molecule has 0 radical (unpaired) electrons. The maximum Gasteiger partial charge on any atom is 0.343 e. The zero-order valence-electron chi connectivity index (χ0n) is 15.1. The van der Waals surface area contributed by atoms with Crippen LogP contribution in [0.5, 0.6) is 11.6 Å². The summed E-state index contributed by atoms with van der Waals surface area (Å²) in [5.74, 6) is -2.67. The second kappa shape index (κ2) is 7.51. The van der Waals surface area contributed by atoms with Gasteiger partial charge in [0.1, 0.15) is 11.6 Å². The fourth-order valence-electron chi connectivity index (χ4n) is 2.86. The predicted molar refractivity (Wildman–Crippen MR) is 97.2 cm³/mol. The first-order valence-electron chi connectivity index (χ1n) is 8.21. The Hall–Kier alpha value is -3.68. The summed E-state index contributed by atoms with van der Waals surface area (Å²) in [5.41, 5.74) is 0.117. The summed E-state index contributed by atoms with van der Waals surface area (Å²) in [6, 6.07) is 9.52. The van der Waals surface area contributed by atoms with Crippen LogP contribution in [0.4, 0.5) is 4.39 Å². The van der Waals surface area contributed by atoms with Gasteiger partial charge in [-0.3, -0.25) is 9.59 Å². The molecule has 0 atom stereocenters. The van der Waals surface area contributed by atoms with E-state index in [4.69, 9.17) is 4.74 Å². The Labute approximate surface area is 158 Å². The van der Waals surface area contributed by atoms with Gasteiger partial charge < -0.3 is 14.6 Å². The van der Waals surface area contributed by atoms with Gasteiger partial charge in [0.05, 0.1) is 18.2 Å². The quantitative estimate of drug-likeness (QED) is 0.536. The van der Waals surface area contributed by atoms with Crippen LogP contribution in [0.3, 0.4) is 0 Å². The molecule has 0 aliphatic heterocycles. The lowest BCUT2D eigenvalue weighted by molar-refractivity contribution is -0.142. The van der Waals surface area contributed by atoms with Crippen LogP contribution in [-0.2, 0) is 9.53 Å². The molecule has 0 bridgehead atoms. The normalized spacial score (nSPS) is 10.7. The van der Waals surface area contributed by atoms with Gasteiger partial charge in [-0.25, -0.2) is 13.8 Å². The first kappa shape index (κ1) is 19.1. The number of aromatic hydroxyl groups is 1. The highest BCUT2D eigenvalue weighted by Gasteiger charge is 2.25. The fraction of sp³-hybridized carbons (Fsp3) is 0.150. The number of carbonyl (C=O) groups excluding carboxylic acids is 3. The van der Waals surface area contributed by atoms with Gasteiger partial charge >= 0.3 is 5.97 Å². The van der Waals surface area contributed by atoms with Gasteiger partial charge in [0.2, 0.25) is 11.8 Å². The van der Waals surface area contributed by atoms with E-state index in [1.807, 2.05) is 0 Å². The summed E-state index contributed by atoms with van der Waals surface area (Å²) in [4.78, 5) is 36.1. The van der Waals surface area contributed by atoms with Gasteiger partial charge in [-0.2, -0.15) is 0 Å². The minimum Gasteiger partial charge on any atom is -0.494 e. The number of fused-ring (bicyclic) bond motifs is 1. The van der Waals surface area contributed by atoms with Crippen LogP contribution in [0.1, 0.15) is 27.6 Å². The Morgan fingerprint density at radius 2 is 1.89 bits per heavy atom. The van der Waals surface area contributed by atoms with Crippen molar-refractivity contribution in [3.8, 4) is 11.6 Å². The molecule has 1 N–H and O–H groups in total. The minimum atomic E-state index is -0.607. The third kappa shape index (κ3) is 3.44. The molecule has 1 heterocycles. The zero-order valence-corrected chi connectivity index (χ0v) is 15.1. The molecule has 1 aromatic heterocycles. The smallest absolute Gasteiger partial charge is 0.343 e. The Kier molecular flexibility index (Phi) is 5.12. The van der Waals surface area contributed by atoms with E-state index in [0.29, 0.717) is 0 Å². The van der Waals surface area contributed by atoms with Crippen LogP contribution >= 0.6 is 0 Å². The number of esters is 1. The monoisotopic (exact) mass is 385 g/mol. The lowest BCUT2D eigenvalue weighted by atomic mass is 10.0. The van der Waals surface area contributed by atoms with Gasteiger partial charge in [0.15, 0.2) is 12.4 Å². The molecule has 3 aromatic rings. The van der Waals surface area contributed by atoms with Gasteiger partial charge in [0.25, 0.3) is 0 Å². The summed E-state index contributed by atoms with van der Waals surface area (Å²) < 4.78 is 24.3. The van der Waals surface area contributed by atoms with Crippen molar-refractivity contribution in [2.75, 3.05) is 13.7 Å². The molecule has 144 valence electrons. The third-order valence-electron chi connectivity index (χ3n) is 4.13. The highest BCUT2D eigenvalue weighted by atomic mass is 19.1. The number of halogens is 1. The SMILES string of the molecule is COC(=O)COc1cccc(C(=O)c2c(O)n(C(C)=O)c3cc(F)ccc23)c1. The molecular weight excluding hydrogens is 369 g/mol. The molecule has 0 amide bonds. The zero-order chi connectivity index (χ0) is 20.4. The number of hydrogen-bond acceptors (Lipinski definition) is 6. The van der Waals surface area contributed by atoms with Crippen LogP contribution in [0, 0.1) is 5.82 Å². The van der Waals surface area contributed by atoms with Crippen LogP contribution in [0.2, 0.25) is 0 Å². The average molecular weight is 385 g/mol. The van der Waals surface area contributed by atoms with Gasteiger partial charge in [-0.05, 0) is 30.3 Å². The Morgan fingerprint density at radius 1 is 1.14 bits per heavy atom. The number of rotatable bonds is 5. The van der Waals surface area contributed by atoms with E-state index in [9.17, 15) is 23.9 Å². The van der Waals surface area contributed by atoms with E-state index in [0.717, 1.165) is 16.7 Å². The second-order valence-corrected chi connectivity index (χ2v) is 5.94. The summed E-state index contributed by atoms with van der Waals surface area (Å²) >= 11 is 0. The maximum atomic E-state index is 13.6. The highest BCUT2D eigenvalue weighted by molar-refractivity contribution is 6.19. The minimum absolute atomic E-state index is 0.0893. The highest BCUT2D eigenvalue weighted by Crippen LogP contribution is 2.34. The number of nitrogens with zero attached hydrogens (tertiary/aromatic N) is 1. The van der Waals surface area contributed by atoms with Crippen LogP contribution in [0.25, 0.3) is 10.9 Å². The lowest BCUT2D eigenvalue weighted by Crippen LogP contribution is -2.12. The number of methoxy groups -OCH3 is 1. The molecule has 0 fully saturated rings. The van der Waals surface area contributed by atoms with Crippen LogP contribution in [-0.4, -0.2) is 41.1 Å². The predicted octanol–water partition coefficient (Wildman–Crippen LogP) is 2.93. The van der Waals surface area contributed by atoms with Gasteiger partial charge in [0, 0.05) is 17.9 Å². The van der Waals surface area contributed by atoms with Crippen molar-refractivity contribution in [2.24, 2.45) is 0 Å². The van der Waals surface area contributed by atoms with Crippen LogP contribution in [0.15, 0.2) is 42.5 Å². The van der Waals surface area contributed by atoms with E-state index in [1.165, 1.54) is 32.2 Å². The molecule has 7 nitrogen and oxygen atoms in total. The van der Waals surface area contributed by atoms with Gasteiger partial charge in [-0.15, -0.1) is 0 Å². The van der Waals surface area contributed by atoms with Gasteiger partial charge in [-0.1, -0.05) is 12.1 Å². The topological polar surface area (TPSA) is 94.8 Å². The van der Waals surface area contributed by atoms with Crippen molar-refractivity contribution in [3.05, 3.63) is 59.4 Å². The number of ketones is 1. The van der Waals surface area contributed by atoms with E-state index in [1.54, 1.807) is 12.1 Å². The van der Waals surface area contributed by atoms with Crippen molar-refractivity contribution in [2.45, 2.75) is 6.92 Å². The fourth-order valence-corrected chi connectivity index (χ4v) is 2.86. The Morgan fingerprint density at radius 3 is 2.57 bits per heavy atom. The molecule has 0 spiro atoms. The summed E-state index contributed by atoms with van der Waals surface area (Å²) in [6.07, 6.45) is 0. The lowest BCUT2D eigenvalue weighted by Gasteiger charge is -2.07. The molecule has 0 aliphatic rings. The van der Waals surface area contributed by atoms with E-state index in [-0.39, 0.29) is 34.4 Å². The molecule has 0 unspecified atom stereocenters. The Bertz CT molecular complexity index is 1100. The summed E-state index contributed by atoms with van der Waals surface area (Å²) in [6.45, 7) is 0.863. The van der Waals surface area contributed by atoms with E-state index < -0.39 is 29.4 Å². The second-order valence-electron chi connectivity index (χ2n) is 5.94. The average Bonchev–Trinajstić information content (AvgIpc) is 2.96. The summed E-state index contributed by atoms with van der Waals surface area (Å²) in [7, 11) is 1.22. The first-order valence-corrected chi connectivity index (χ1v) is 8.21. The van der Waals surface area contributed by atoms with Crippen molar-refractivity contribution in [3.63, 3.8) is 0 Å². The number of carbonyl (C=O) groups is 3. The number of ether oxygens (including phenoxy) is 2. The first-order chi connectivity index (χ1) is 13.3.